The summed E-state index contributed by atoms with van der Waals surface area (Å²) < 4.78 is 17.7. The average Bonchev–Trinajstić information content (AvgIpc) is 2.34. The standard InChI is InChI=1S/C12H16O4/c1-10-5-7-6(4-8(10)13)11(2)9(10)15-12(3,14-7)16-11/h6-7,9H,4-5H2,1-3H3/t6-,7+,9-,10-,11+,12?/m1/s1. The normalized spacial score (nSPS) is 66.7. The van der Waals surface area contributed by atoms with Crippen molar-refractivity contribution < 1.29 is 19.0 Å². The van der Waals surface area contributed by atoms with Gasteiger partial charge >= 0.3 is 0 Å². The fourth-order valence-electron chi connectivity index (χ4n) is 4.35. The molecule has 0 spiro atoms. The lowest BCUT2D eigenvalue weighted by molar-refractivity contribution is -0.389. The first kappa shape index (κ1) is 9.57. The van der Waals surface area contributed by atoms with Gasteiger partial charge in [0.2, 0.25) is 0 Å². The van der Waals surface area contributed by atoms with Gasteiger partial charge in [-0.2, -0.15) is 0 Å². The van der Waals surface area contributed by atoms with Gasteiger partial charge in [0.25, 0.3) is 5.97 Å². The monoisotopic (exact) mass is 224 g/mol. The van der Waals surface area contributed by atoms with Gasteiger partial charge < -0.3 is 14.2 Å². The Labute approximate surface area is 94.2 Å². The van der Waals surface area contributed by atoms with Crippen molar-refractivity contribution in [2.45, 2.75) is 57.4 Å². The lowest BCUT2D eigenvalue weighted by Crippen LogP contribution is -2.69. The van der Waals surface area contributed by atoms with Crippen molar-refractivity contribution in [3.63, 3.8) is 0 Å². The third kappa shape index (κ3) is 0.773. The quantitative estimate of drug-likeness (QED) is 0.621. The Morgan fingerprint density at radius 1 is 1.25 bits per heavy atom. The third-order valence-electron chi connectivity index (χ3n) is 5.05. The zero-order valence-electron chi connectivity index (χ0n) is 9.78. The average molecular weight is 224 g/mol. The predicted molar refractivity (Wildman–Crippen MR) is 53.5 cm³/mol. The predicted octanol–water partition coefficient (Wildman–Crippen LogP) is 1.23. The molecule has 0 aromatic rings. The van der Waals surface area contributed by atoms with Crippen molar-refractivity contribution in [3.05, 3.63) is 0 Å². The van der Waals surface area contributed by atoms with Gasteiger partial charge in [-0.25, -0.2) is 0 Å². The van der Waals surface area contributed by atoms with Crippen molar-refractivity contribution in [1.29, 1.82) is 0 Å². The number of hydrogen-bond donors (Lipinski definition) is 0. The highest BCUT2D eigenvalue weighted by molar-refractivity contribution is 5.88. The summed E-state index contributed by atoms with van der Waals surface area (Å²) in [6.07, 6.45) is 1.34. The highest BCUT2D eigenvalue weighted by Gasteiger charge is 2.76. The first-order valence-corrected chi connectivity index (χ1v) is 5.96. The Morgan fingerprint density at radius 2 is 2.00 bits per heavy atom. The molecule has 2 heterocycles. The van der Waals surface area contributed by atoms with Crippen LogP contribution in [0.15, 0.2) is 0 Å². The highest BCUT2D eigenvalue weighted by atomic mass is 16.9. The minimum absolute atomic E-state index is 0.116. The number of hydrogen-bond acceptors (Lipinski definition) is 4. The molecule has 5 rings (SSSR count). The molecule has 0 amide bonds. The molecule has 4 nitrogen and oxygen atoms in total. The number of rotatable bonds is 0. The van der Waals surface area contributed by atoms with E-state index in [1.165, 1.54) is 0 Å². The maximum atomic E-state index is 12.1. The van der Waals surface area contributed by atoms with E-state index in [4.69, 9.17) is 14.2 Å². The summed E-state index contributed by atoms with van der Waals surface area (Å²) in [7, 11) is 0. The summed E-state index contributed by atoms with van der Waals surface area (Å²) in [6, 6.07) is 0. The van der Waals surface area contributed by atoms with Crippen LogP contribution in [-0.4, -0.2) is 29.6 Å². The lowest BCUT2D eigenvalue weighted by Gasteiger charge is -2.58. The van der Waals surface area contributed by atoms with Crippen molar-refractivity contribution in [2.24, 2.45) is 11.3 Å². The molecule has 1 unspecified atom stereocenters. The molecule has 6 atom stereocenters. The van der Waals surface area contributed by atoms with Crippen molar-refractivity contribution in [1.82, 2.24) is 0 Å². The zero-order valence-corrected chi connectivity index (χ0v) is 9.78. The molecule has 3 saturated carbocycles. The number of Topliss-reactive ketones (excluding diaryl/α,β-unsaturated/α-hetero) is 1. The highest BCUT2D eigenvalue weighted by Crippen LogP contribution is 2.64. The van der Waals surface area contributed by atoms with Crippen LogP contribution in [0.25, 0.3) is 0 Å². The number of ketones is 1. The molecule has 5 bridgehead atoms. The first-order valence-electron chi connectivity index (χ1n) is 5.96. The Morgan fingerprint density at radius 3 is 2.75 bits per heavy atom. The van der Waals surface area contributed by atoms with Crippen LogP contribution in [0.5, 0.6) is 0 Å². The maximum Gasteiger partial charge on any atom is 0.281 e. The maximum absolute atomic E-state index is 12.1. The molecule has 0 aromatic carbocycles. The van der Waals surface area contributed by atoms with Gasteiger partial charge in [0.1, 0.15) is 17.5 Å². The number of carbonyl (C=O) groups excluding carboxylic acids is 1. The van der Waals surface area contributed by atoms with Crippen LogP contribution in [0.4, 0.5) is 0 Å². The first-order chi connectivity index (χ1) is 7.37. The van der Waals surface area contributed by atoms with E-state index in [1.807, 2.05) is 13.8 Å². The Hall–Kier alpha value is -0.450. The number of ether oxygens (including phenoxy) is 3. The van der Waals surface area contributed by atoms with E-state index in [-0.39, 0.29) is 23.7 Å². The molecule has 4 heteroatoms. The Balaban J connectivity index is 1.95. The van der Waals surface area contributed by atoms with E-state index >= 15 is 0 Å². The zero-order chi connectivity index (χ0) is 11.3. The molecule has 2 aliphatic heterocycles. The molecule has 5 fully saturated rings. The van der Waals surface area contributed by atoms with Crippen LogP contribution in [0.3, 0.4) is 0 Å². The molecule has 16 heavy (non-hydrogen) atoms. The summed E-state index contributed by atoms with van der Waals surface area (Å²) in [5, 5.41) is 0. The second kappa shape index (κ2) is 2.24. The van der Waals surface area contributed by atoms with Crippen LogP contribution < -0.4 is 0 Å². The van der Waals surface area contributed by atoms with E-state index in [2.05, 4.69) is 6.92 Å². The summed E-state index contributed by atoms with van der Waals surface area (Å²) in [5.41, 5.74) is -0.749. The fraction of sp³-hybridized carbons (Fsp3) is 0.917. The van der Waals surface area contributed by atoms with Crippen molar-refractivity contribution in [2.75, 3.05) is 0 Å². The van der Waals surface area contributed by atoms with Gasteiger partial charge in [-0.1, -0.05) is 0 Å². The number of carbonyl (C=O) groups is 1. The van der Waals surface area contributed by atoms with Gasteiger partial charge in [-0.3, -0.25) is 4.79 Å². The lowest BCUT2D eigenvalue weighted by atomic mass is 9.52. The summed E-state index contributed by atoms with van der Waals surface area (Å²) in [4.78, 5) is 12.1. The second-order valence-electron chi connectivity index (χ2n) is 6.16. The third-order valence-corrected chi connectivity index (χ3v) is 5.05. The van der Waals surface area contributed by atoms with Crippen LogP contribution in [0.2, 0.25) is 0 Å². The molecule has 0 aromatic heterocycles. The molecule has 5 aliphatic rings. The largest absolute Gasteiger partial charge is 0.324 e. The van der Waals surface area contributed by atoms with E-state index in [9.17, 15) is 4.79 Å². The minimum atomic E-state index is -0.928. The van der Waals surface area contributed by atoms with Crippen LogP contribution in [0.1, 0.15) is 33.6 Å². The molecule has 3 aliphatic carbocycles. The molecule has 88 valence electrons. The molecule has 0 N–H and O–H groups in total. The number of fused-ring (bicyclic) bond motifs is 2. The molecular weight excluding hydrogens is 208 g/mol. The van der Waals surface area contributed by atoms with Gasteiger partial charge in [0.15, 0.2) is 0 Å². The summed E-state index contributed by atoms with van der Waals surface area (Å²) >= 11 is 0. The second-order valence-corrected chi connectivity index (χ2v) is 6.16. The van der Waals surface area contributed by atoms with Gasteiger partial charge in [-0.05, 0) is 20.3 Å². The van der Waals surface area contributed by atoms with Crippen LogP contribution in [-0.2, 0) is 19.0 Å². The van der Waals surface area contributed by atoms with Gasteiger partial charge in [0, 0.05) is 19.3 Å². The van der Waals surface area contributed by atoms with Crippen molar-refractivity contribution in [3.8, 4) is 0 Å². The van der Waals surface area contributed by atoms with Crippen molar-refractivity contribution >= 4 is 5.78 Å². The van der Waals surface area contributed by atoms with Gasteiger partial charge in [0.05, 0.1) is 11.5 Å². The summed E-state index contributed by atoms with van der Waals surface area (Å²) in [5.74, 6) is -0.444. The van der Waals surface area contributed by atoms with Gasteiger partial charge in [-0.15, -0.1) is 0 Å². The smallest absolute Gasteiger partial charge is 0.281 e. The Bertz CT molecular complexity index is 408. The van der Waals surface area contributed by atoms with E-state index < -0.39 is 11.4 Å². The fourth-order valence-corrected chi connectivity index (χ4v) is 4.35. The van der Waals surface area contributed by atoms with Crippen LogP contribution in [0, 0.1) is 11.3 Å². The minimum Gasteiger partial charge on any atom is -0.324 e. The summed E-state index contributed by atoms with van der Waals surface area (Å²) in [6.45, 7) is 5.90. The van der Waals surface area contributed by atoms with E-state index in [1.54, 1.807) is 0 Å². The van der Waals surface area contributed by atoms with Crippen LogP contribution >= 0.6 is 0 Å². The Kier molecular flexibility index (Phi) is 1.34. The molecular formula is C12H16O4. The topological polar surface area (TPSA) is 44.8 Å². The van der Waals surface area contributed by atoms with E-state index in [0.717, 1.165) is 6.42 Å². The van der Waals surface area contributed by atoms with E-state index in [0.29, 0.717) is 12.2 Å². The molecule has 0 radical (unpaired) electrons. The molecule has 2 saturated heterocycles. The SMILES string of the molecule is CC12O[C@H]3C[C@]4(C)C(=O)C[C@H]3[C@](C)(O1)[C@@H]4O2.